The van der Waals surface area contributed by atoms with Crippen molar-refractivity contribution >= 4 is 27.5 Å². The Bertz CT molecular complexity index is 430. The number of benzene rings is 1. The van der Waals surface area contributed by atoms with E-state index >= 15 is 0 Å². The second-order valence-corrected chi connectivity index (χ2v) is 7.29. The molecule has 1 aliphatic heterocycles. The summed E-state index contributed by atoms with van der Waals surface area (Å²) in [5.41, 5.74) is 1.21. The molecule has 0 spiro atoms. The van der Waals surface area contributed by atoms with Gasteiger partial charge in [-0.25, -0.2) is 0 Å². The molecule has 0 aliphatic carbocycles. The third kappa shape index (κ3) is 4.73. The van der Waals surface area contributed by atoms with Crippen LogP contribution in [-0.2, 0) is 6.54 Å². The quantitative estimate of drug-likeness (QED) is 0.842. The van der Waals surface area contributed by atoms with Gasteiger partial charge < -0.3 is 5.32 Å². The molecule has 1 unspecified atom stereocenters. The molecule has 1 aliphatic rings. The molecule has 0 aromatic heterocycles. The highest BCUT2D eigenvalue weighted by Gasteiger charge is 2.19. The summed E-state index contributed by atoms with van der Waals surface area (Å²) in [6.07, 6.45) is 2.64. The van der Waals surface area contributed by atoms with Crippen molar-refractivity contribution in [1.29, 1.82) is 0 Å². The van der Waals surface area contributed by atoms with Crippen molar-refractivity contribution in [3.05, 3.63) is 33.3 Å². The molecule has 1 atom stereocenters. The van der Waals surface area contributed by atoms with Crippen LogP contribution < -0.4 is 5.32 Å². The van der Waals surface area contributed by atoms with Crippen molar-refractivity contribution in [3.8, 4) is 0 Å². The number of piperidine rings is 1. The fourth-order valence-electron chi connectivity index (χ4n) is 2.75. The zero-order chi connectivity index (χ0) is 14.5. The van der Waals surface area contributed by atoms with Gasteiger partial charge in [0.05, 0.1) is 0 Å². The van der Waals surface area contributed by atoms with Crippen LogP contribution in [0.25, 0.3) is 0 Å². The maximum atomic E-state index is 6.33. The van der Waals surface area contributed by atoms with E-state index in [1.807, 2.05) is 12.1 Å². The van der Waals surface area contributed by atoms with Gasteiger partial charge in [0.15, 0.2) is 0 Å². The summed E-state index contributed by atoms with van der Waals surface area (Å²) in [5.74, 6) is 0.761. The van der Waals surface area contributed by atoms with Crippen LogP contribution in [0.15, 0.2) is 22.7 Å². The van der Waals surface area contributed by atoms with E-state index in [2.05, 4.69) is 46.1 Å². The molecule has 20 heavy (non-hydrogen) atoms. The highest BCUT2D eigenvalue weighted by molar-refractivity contribution is 9.10. The molecule has 0 radical (unpaired) electrons. The predicted molar refractivity (Wildman–Crippen MR) is 90.3 cm³/mol. The molecule has 2 nitrogen and oxygen atoms in total. The molecule has 1 aromatic rings. The Morgan fingerprint density at radius 1 is 1.45 bits per heavy atom. The fourth-order valence-corrected chi connectivity index (χ4v) is 3.34. The third-order valence-electron chi connectivity index (χ3n) is 4.00. The van der Waals surface area contributed by atoms with Gasteiger partial charge in [-0.05, 0) is 69.5 Å². The summed E-state index contributed by atoms with van der Waals surface area (Å²) in [4.78, 5) is 2.53. The van der Waals surface area contributed by atoms with Gasteiger partial charge in [-0.3, -0.25) is 4.90 Å². The van der Waals surface area contributed by atoms with Crippen molar-refractivity contribution in [2.45, 2.75) is 39.3 Å². The Labute approximate surface area is 136 Å². The van der Waals surface area contributed by atoms with Gasteiger partial charge in [-0.2, -0.15) is 0 Å². The smallest absolute Gasteiger partial charge is 0.0451 e. The molecule has 0 saturated carbocycles. The lowest BCUT2D eigenvalue weighted by atomic mass is 9.98. The van der Waals surface area contributed by atoms with Crippen molar-refractivity contribution in [2.75, 3.05) is 19.6 Å². The Kier molecular flexibility index (Phi) is 6.34. The van der Waals surface area contributed by atoms with Crippen molar-refractivity contribution in [1.82, 2.24) is 10.2 Å². The Morgan fingerprint density at radius 3 is 2.90 bits per heavy atom. The van der Waals surface area contributed by atoms with E-state index in [-0.39, 0.29) is 0 Å². The molecule has 2 rings (SSSR count). The SMILES string of the molecule is CC(C)N(Cc1cc(Br)ccc1Cl)CC1CCCNC1. The molecule has 4 heteroatoms. The maximum absolute atomic E-state index is 6.33. The largest absolute Gasteiger partial charge is 0.316 e. The summed E-state index contributed by atoms with van der Waals surface area (Å²) < 4.78 is 1.10. The number of hydrogen-bond donors (Lipinski definition) is 1. The second-order valence-electron chi connectivity index (χ2n) is 5.97. The summed E-state index contributed by atoms with van der Waals surface area (Å²) >= 11 is 9.86. The lowest BCUT2D eigenvalue weighted by Crippen LogP contribution is -2.40. The van der Waals surface area contributed by atoms with Crippen molar-refractivity contribution in [3.63, 3.8) is 0 Å². The Morgan fingerprint density at radius 2 is 2.25 bits per heavy atom. The molecule has 1 N–H and O–H groups in total. The monoisotopic (exact) mass is 358 g/mol. The first kappa shape index (κ1) is 16.3. The number of rotatable bonds is 5. The number of nitrogens with zero attached hydrogens (tertiary/aromatic N) is 1. The lowest BCUT2D eigenvalue weighted by Gasteiger charge is -2.33. The minimum atomic E-state index is 0.534. The van der Waals surface area contributed by atoms with Crippen LogP contribution in [0.2, 0.25) is 5.02 Å². The Balaban J connectivity index is 2.02. The first-order valence-electron chi connectivity index (χ1n) is 7.45. The first-order valence-corrected chi connectivity index (χ1v) is 8.62. The van der Waals surface area contributed by atoms with Crippen LogP contribution >= 0.6 is 27.5 Å². The molecule has 0 amide bonds. The van der Waals surface area contributed by atoms with E-state index < -0.39 is 0 Å². The first-order chi connectivity index (χ1) is 9.56. The molecule has 0 bridgehead atoms. The van der Waals surface area contributed by atoms with Gasteiger partial charge in [-0.1, -0.05) is 27.5 Å². The predicted octanol–water partition coefficient (Wildman–Crippen LogP) is 4.31. The number of hydrogen-bond acceptors (Lipinski definition) is 2. The zero-order valence-corrected chi connectivity index (χ0v) is 14.7. The average molecular weight is 360 g/mol. The minimum Gasteiger partial charge on any atom is -0.316 e. The number of halogens is 2. The third-order valence-corrected chi connectivity index (χ3v) is 4.87. The highest BCUT2D eigenvalue weighted by Crippen LogP contribution is 2.24. The van der Waals surface area contributed by atoms with Crippen LogP contribution in [-0.4, -0.2) is 30.6 Å². The second kappa shape index (κ2) is 7.79. The number of nitrogens with one attached hydrogen (secondary N) is 1. The molecular weight excluding hydrogens is 336 g/mol. The molecular formula is C16H24BrClN2. The minimum absolute atomic E-state index is 0.534. The Hall–Kier alpha value is -0.0900. The fraction of sp³-hybridized carbons (Fsp3) is 0.625. The van der Waals surface area contributed by atoms with Gasteiger partial charge >= 0.3 is 0 Å². The lowest BCUT2D eigenvalue weighted by molar-refractivity contribution is 0.164. The van der Waals surface area contributed by atoms with E-state index in [1.54, 1.807) is 0 Å². The van der Waals surface area contributed by atoms with Crippen LogP contribution in [0, 0.1) is 5.92 Å². The zero-order valence-electron chi connectivity index (χ0n) is 12.3. The van der Waals surface area contributed by atoms with E-state index in [4.69, 9.17) is 11.6 Å². The van der Waals surface area contributed by atoms with Crippen LogP contribution in [0.4, 0.5) is 0 Å². The van der Waals surface area contributed by atoms with Gasteiger partial charge in [0.1, 0.15) is 0 Å². The molecule has 1 heterocycles. The highest BCUT2D eigenvalue weighted by atomic mass is 79.9. The molecule has 1 aromatic carbocycles. The van der Waals surface area contributed by atoms with E-state index in [1.165, 1.54) is 24.9 Å². The van der Waals surface area contributed by atoms with Gasteiger partial charge in [0.2, 0.25) is 0 Å². The average Bonchev–Trinajstić information content (AvgIpc) is 2.43. The van der Waals surface area contributed by atoms with Crippen LogP contribution in [0.5, 0.6) is 0 Å². The van der Waals surface area contributed by atoms with Gasteiger partial charge in [-0.15, -0.1) is 0 Å². The summed E-state index contributed by atoms with van der Waals surface area (Å²) in [6, 6.07) is 6.64. The van der Waals surface area contributed by atoms with Crippen LogP contribution in [0.1, 0.15) is 32.3 Å². The normalized spacial score (nSPS) is 19.8. The standard InChI is InChI=1S/C16H24BrClN2/c1-12(2)20(10-13-4-3-7-19-9-13)11-14-8-15(17)5-6-16(14)18/h5-6,8,12-13,19H,3-4,7,9-11H2,1-2H3. The molecule has 1 saturated heterocycles. The summed E-state index contributed by atoms with van der Waals surface area (Å²) in [6.45, 7) is 8.93. The summed E-state index contributed by atoms with van der Waals surface area (Å²) in [5, 5.41) is 4.36. The topological polar surface area (TPSA) is 15.3 Å². The van der Waals surface area contributed by atoms with Crippen molar-refractivity contribution in [2.24, 2.45) is 5.92 Å². The van der Waals surface area contributed by atoms with Crippen LogP contribution in [0.3, 0.4) is 0 Å². The molecule has 1 fully saturated rings. The van der Waals surface area contributed by atoms with E-state index in [0.29, 0.717) is 6.04 Å². The van der Waals surface area contributed by atoms with Crippen molar-refractivity contribution < 1.29 is 0 Å². The van der Waals surface area contributed by atoms with Gasteiger partial charge in [0.25, 0.3) is 0 Å². The van der Waals surface area contributed by atoms with Gasteiger partial charge in [0, 0.05) is 28.6 Å². The summed E-state index contributed by atoms with van der Waals surface area (Å²) in [7, 11) is 0. The van der Waals surface area contributed by atoms with E-state index in [0.717, 1.165) is 35.0 Å². The maximum Gasteiger partial charge on any atom is 0.0451 e. The van der Waals surface area contributed by atoms with E-state index in [9.17, 15) is 0 Å². The molecule has 112 valence electrons.